The summed E-state index contributed by atoms with van der Waals surface area (Å²) < 4.78 is 20.5. The van der Waals surface area contributed by atoms with Crippen LogP contribution >= 0.6 is 0 Å². The van der Waals surface area contributed by atoms with Crippen molar-refractivity contribution in [2.24, 2.45) is 5.92 Å². The van der Waals surface area contributed by atoms with Crippen molar-refractivity contribution in [3.8, 4) is 11.1 Å². The Bertz CT molecular complexity index is 1240. The molecule has 4 rings (SSSR count). The van der Waals surface area contributed by atoms with Crippen LogP contribution in [0.5, 0.6) is 0 Å². The maximum Gasteiger partial charge on any atom is 0.315 e. The van der Waals surface area contributed by atoms with E-state index in [2.05, 4.69) is 25.8 Å². The van der Waals surface area contributed by atoms with Crippen LogP contribution in [0, 0.1) is 18.7 Å². The molecule has 3 aromatic rings. The highest BCUT2D eigenvalue weighted by atomic mass is 19.1. The lowest BCUT2D eigenvalue weighted by atomic mass is 9.96. The van der Waals surface area contributed by atoms with E-state index in [0.717, 1.165) is 12.8 Å². The zero-order valence-electron chi connectivity index (χ0n) is 19.9. The molecule has 0 bridgehead atoms. The summed E-state index contributed by atoms with van der Waals surface area (Å²) in [4.78, 5) is 33.0. The summed E-state index contributed by atoms with van der Waals surface area (Å²) in [6.07, 6.45) is 3.32. The van der Waals surface area contributed by atoms with Crippen LogP contribution in [0.15, 0.2) is 35.0 Å². The first-order valence-corrected chi connectivity index (χ1v) is 11.3. The van der Waals surface area contributed by atoms with E-state index in [0.29, 0.717) is 33.9 Å². The summed E-state index contributed by atoms with van der Waals surface area (Å²) >= 11 is 0. The van der Waals surface area contributed by atoms with E-state index in [4.69, 9.17) is 4.52 Å². The third kappa shape index (κ3) is 4.98. The average Bonchev–Trinajstić information content (AvgIpc) is 3.50. The molecule has 1 atom stereocenters. The molecule has 2 amide bonds. The molecule has 0 unspecified atom stereocenters. The minimum Gasteiger partial charge on any atom is -0.341 e. The van der Waals surface area contributed by atoms with Gasteiger partial charge in [-0.1, -0.05) is 38.1 Å². The average molecular weight is 466 g/mol. The van der Waals surface area contributed by atoms with E-state index in [1.165, 1.54) is 0 Å². The van der Waals surface area contributed by atoms with Gasteiger partial charge in [-0.2, -0.15) is 4.98 Å². The minimum atomic E-state index is -0.524. The summed E-state index contributed by atoms with van der Waals surface area (Å²) in [6, 6.07) is 6.29. The van der Waals surface area contributed by atoms with Gasteiger partial charge in [0.25, 0.3) is 0 Å². The van der Waals surface area contributed by atoms with Crippen molar-refractivity contribution in [1.82, 2.24) is 20.4 Å². The second kappa shape index (κ2) is 8.96. The zero-order valence-corrected chi connectivity index (χ0v) is 19.9. The van der Waals surface area contributed by atoms with Gasteiger partial charge in [-0.25, -0.2) is 9.37 Å². The molecule has 1 fully saturated rings. The summed E-state index contributed by atoms with van der Waals surface area (Å²) in [5, 5.41) is 9.44. The molecule has 2 heterocycles. The summed E-state index contributed by atoms with van der Waals surface area (Å²) in [5.41, 5.74) is 1.67. The molecular formula is C25H28FN5O3. The molecule has 1 aliphatic rings. The largest absolute Gasteiger partial charge is 0.341 e. The highest BCUT2D eigenvalue weighted by Gasteiger charge is 2.30. The molecule has 1 aliphatic carbocycles. The second-order valence-corrected chi connectivity index (χ2v) is 9.70. The molecule has 178 valence electrons. The van der Waals surface area contributed by atoms with Gasteiger partial charge in [0.1, 0.15) is 11.6 Å². The van der Waals surface area contributed by atoms with Crippen LogP contribution in [0.2, 0.25) is 0 Å². The molecular weight excluding hydrogens is 437 g/mol. The Hall–Kier alpha value is -3.62. The van der Waals surface area contributed by atoms with Gasteiger partial charge >= 0.3 is 11.8 Å². The Morgan fingerprint density at radius 1 is 1.21 bits per heavy atom. The van der Waals surface area contributed by atoms with Gasteiger partial charge in [0.15, 0.2) is 5.82 Å². The van der Waals surface area contributed by atoms with E-state index in [-0.39, 0.29) is 23.1 Å². The van der Waals surface area contributed by atoms with Gasteiger partial charge in [-0.3, -0.25) is 9.59 Å². The molecule has 0 saturated heterocycles. The number of nitrogens with one attached hydrogen (secondary N) is 2. The summed E-state index contributed by atoms with van der Waals surface area (Å²) in [7, 11) is 0. The number of nitrogens with zero attached hydrogens (tertiary/aromatic N) is 3. The Kier molecular flexibility index (Phi) is 6.20. The number of benzene rings is 1. The Balaban J connectivity index is 1.51. The number of carbonyl (C=O) groups is 2. The molecule has 0 radical (unpaired) electrons. The molecule has 2 aromatic heterocycles. The molecule has 1 aromatic carbocycles. The standard InChI is InChI=1S/C25H28FN5O3/c1-13-17(14(2)28-22(33)23-30-24(31-34-23)25(3,4)5)8-9-18(20(13)26)16-10-11-27-19(12-16)29-21(32)15-6-7-15/h8-12,14-15H,6-7H2,1-5H3,(H,28,33)(H,27,29,32)/t14-/m0/s1. The number of hydrogen-bond donors (Lipinski definition) is 2. The van der Waals surface area contributed by atoms with Gasteiger partial charge in [-0.05, 0) is 55.5 Å². The Labute approximate surface area is 197 Å². The Morgan fingerprint density at radius 3 is 2.59 bits per heavy atom. The van der Waals surface area contributed by atoms with Crippen LogP contribution < -0.4 is 10.6 Å². The van der Waals surface area contributed by atoms with Crippen LogP contribution in [-0.4, -0.2) is 26.9 Å². The zero-order chi connectivity index (χ0) is 24.6. The normalized spacial score (nSPS) is 14.5. The van der Waals surface area contributed by atoms with E-state index < -0.39 is 17.8 Å². The molecule has 2 N–H and O–H groups in total. The lowest BCUT2D eigenvalue weighted by molar-refractivity contribution is -0.117. The smallest absolute Gasteiger partial charge is 0.315 e. The van der Waals surface area contributed by atoms with Crippen molar-refractivity contribution < 1.29 is 18.5 Å². The summed E-state index contributed by atoms with van der Waals surface area (Å²) in [6.45, 7) is 9.19. The van der Waals surface area contributed by atoms with Crippen molar-refractivity contribution in [3.05, 3.63) is 59.1 Å². The van der Waals surface area contributed by atoms with Gasteiger partial charge in [-0.15, -0.1) is 0 Å². The van der Waals surface area contributed by atoms with Crippen molar-refractivity contribution >= 4 is 17.6 Å². The Morgan fingerprint density at radius 2 is 1.94 bits per heavy atom. The molecule has 0 aliphatic heterocycles. The van der Waals surface area contributed by atoms with E-state index in [1.807, 2.05) is 20.8 Å². The number of rotatable bonds is 6. The number of carbonyl (C=O) groups excluding carboxylic acids is 2. The van der Waals surface area contributed by atoms with Crippen LogP contribution in [0.25, 0.3) is 11.1 Å². The van der Waals surface area contributed by atoms with E-state index >= 15 is 4.39 Å². The number of aromatic nitrogens is 3. The van der Waals surface area contributed by atoms with Crippen molar-refractivity contribution in [2.45, 2.75) is 58.9 Å². The van der Waals surface area contributed by atoms with Gasteiger partial charge in [0, 0.05) is 23.1 Å². The van der Waals surface area contributed by atoms with E-state index in [9.17, 15) is 9.59 Å². The highest BCUT2D eigenvalue weighted by Crippen LogP contribution is 2.32. The van der Waals surface area contributed by atoms with Crippen molar-refractivity contribution in [2.75, 3.05) is 5.32 Å². The fourth-order valence-electron chi connectivity index (χ4n) is 3.59. The highest BCUT2D eigenvalue weighted by molar-refractivity contribution is 5.93. The number of pyridine rings is 1. The first-order chi connectivity index (χ1) is 16.0. The maximum absolute atomic E-state index is 15.4. The molecule has 1 saturated carbocycles. The fraction of sp³-hybridized carbons (Fsp3) is 0.400. The van der Waals surface area contributed by atoms with Crippen LogP contribution in [0.1, 0.15) is 74.2 Å². The van der Waals surface area contributed by atoms with Gasteiger partial charge in [0.2, 0.25) is 5.91 Å². The lowest BCUT2D eigenvalue weighted by Gasteiger charge is -2.18. The van der Waals surface area contributed by atoms with Crippen molar-refractivity contribution in [3.63, 3.8) is 0 Å². The third-order valence-corrected chi connectivity index (χ3v) is 5.80. The number of amides is 2. The molecule has 0 spiro atoms. The third-order valence-electron chi connectivity index (χ3n) is 5.80. The summed E-state index contributed by atoms with van der Waals surface area (Å²) in [5.74, 6) is -0.247. The van der Waals surface area contributed by atoms with Crippen LogP contribution in [0.3, 0.4) is 0 Å². The van der Waals surface area contributed by atoms with E-state index in [1.54, 1.807) is 44.3 Å². The SMILES string of the molecule is Cc1c([C@H](C)NC(=O)c2nc(C(C)(C)C)no2)ccc(-c2ccnc(NC(=O)C3CC3)c2)c1F. The monoisotopic (exact) mass is 465 g/mol. The first-order valence-electron chi connectivity index (χ1n) is 11.3. The van der Waals surface area contributed by atoms with Crippen molar-refractivity contribution in [1.29, 1.82) is 0 Å². The lowest BCUT2D eigenvalue weighted by Crippen LogP contribution is -2.28. The predicted octanol–water partition coefficient (Wildman–Crippen LogP) is 4.72. The molecule has 34 heavy (non-hydrogen) atoms. The molecule has 8 nitrogen and oxygen atoms in total. The number of anilines is 1. The van der Waals surface area contributed by atoms with Gasteiger partial charge < -0.3 is 15.2 Å². The second-order valence-electron chi connectivity index (χ2n) is 9.70. The van der Waals surface area contributed by atoms with Gasteiger partial charge in [0.05, 0.1) is 6.04 Å². The van der Waals surface area contributed by atoms with Crippen LogP contribution in [0.4, 0.5) is 10.2 Å². The number of halogens is 1. The number of hydrogen-bond acceptors (Lipinski definition) is 6. The topological polar surface area (TPSA) is 110 Å². The molecule has 9 heteroatoms. The predicted molar refractivity (Wildman–Crippen MR) is 125 cm³/mol. The minimum absolute atomic E-state index is 0.0487. The van der Waals surface area contributed by atoms with Crippen LogP contribution in [-0.2, 0) is 10.2 Å². The first kappa shape index (κ1) is 23.5. The fourth-order valence-corrected chi connectivity index (χ4v) is 3.59. The quantitative estimate of drug-likeness (QED) is 0.545. The maximum atomic E-state index is 15.4.